The fourth-order valence-corrected chi connectivity index (χ4v) is 3.38. The summed E-state index contributed by atoms with van der Waals surface area (Å²) in [5, 5.41) is 8.57. The zero-order valence-corrected chi connectivity index (χ0v) is 15.7. The van der Waals surface area contributed by atoms with E-state index in [9.17, 15) is 9.18 Å². The molecule has 0 bridgehead atoms. The summed E-state index contributed by atoms with van der Waals surface area (Å²) in [5.74, 6) is -0.456. The number of carbonyl (C=O) groups is 1. The van der Waals surface area contributed by atoms with E-state index in [0.29, 0.717) is 30.1 Å². The van der Waals surface area contributed by atoms with Crippen molar-refractivity contribution in [2.45, 2.75) is 19.4 Å². The lowest BCUT2D eigenvalue weighted by Crippen LogP contribution is -2.11. The summed E-state index contributed by atoms with van der Waals surface area (Å²) in [6, 6.07) is 12.3. The van der Waals surface area contributed by atoms with Crippen LogP contribution >= 0.6 is 11.6 Å². The zero-order chi connectivity index (χ0) is 19.5. The lowest BCUT2D eigenvalue weighted by Gasteiger charge is -2.05. The Morgan fingerprint density at radius 3 is 2.93 bits per heavy atom. The number of aromatic nitrogens is 3. The van der Waals surface area contributed by atoms with Gasteiger partial charge in [0.05, 0.1) is 18.4 Å². The highest BCUT2D eigenvalue weighted by molar-refractivity contribution is 6.31. The number of para-hydroxylation sites is 1. The van der Waals surface area contributed by atoms with Crippen LogP contribution in [-0.2, 0) is 17.8 Å². The van der Waals surface area contributed by atoms with E-state index in [1.807, 2.05) is 30.5 Å². The molecule has 28 heavy (non-hydrogen) atoms. The third-order valence-corrected chi connectivity index (χ3v) is 4.91. The zero-order valence-electron chi connectivity index (χ0n) is 15.0. The Balaban J connectivity index is 1.35. The highest BCUT2D eigenvalue weighted by Crippen LogP contribution is 2.20. The van der Waals surface area contributed by atoms with Crippen LogP contribution in [-0.4, -0.2) is 20.7 Å². The smallest absolute Gasteiger partial charge is 0.224 e. The number of H-pyrrole nitrogens is 1. The van der Waals surface area contributed by atoms with E-state index < -0.39 is 0 Å². The van der Waals surface area contributed by atoms with Crippen molar-refractivity contribution in [2.75, 3.05) is 5.32 Å². The van der Waals surface area contributed by atoms with E-state index in [2.05, 4.69) is 15.4 Å². The van der Waals surface area contributed by atoms with Gasteiger partial charge in [-0.1, -0.05) is 35.9 Å². The first kappa shape index (κ1) is 18.3. The molecule has 4 rings (SSSR count). The maximum Gasteiger partial charge on any atom is 0.224 e. The monoisotopic (exact) mass is 396 g/mol. The molecule has 2 N–H and O–H groups in total. The van der Waals surface area contributed by atoms with Crippen molar-refractivity contribution in [1.82, 2.24) is 14.8 Å². The van der Waals surface area contributed by atoms with Crippen LogP contribution in [0.3, 0.4) is 0 Å². The summed E-state index contributed by atoms with van der Waals surface area (Å²) in [6.45, 7) is 0.393. The van der Waals surface area contributed by atoms with E-state index >= 15 is 0 Å². The quantitative estimate of drug-likeness (QED) is 0.492. The SMILES string of the molecule is O=C(CCc1c[nH]c2ccccc12)Nc1cnn(Cc2ccc(F)cc2Cl)c1. The average molecular weight is 397 g/mol. The van der Waals surface area contributed by atoms with Gasteiger partial charge in [-0.2, -0.15) is 5.10 Å². The van der Waals surface area contributed by atoms with Crippen molar-refractivity contribution in [3.63, 3.8) is 0 Å². The molecule has 0 atom stereocenters. The number of anilines is 1. The molecule has 0 radical (unpaired) electrons. The summed E-state index contributed by atoms with van der Waals surface area (Å²) < 4.78 is 14.8. The normalized spacial score (nSPS) is 11.1. The molecule has 7 heteroatoms. The van der Waals surface area contributed by atoms with Gasteiger partial charge < -0.3 is 10.3 Å². The van der Waals surface area contributed by atoms with E-state index in [1.165, 1.54) is 12.1 Å². The molecule has 0 saturated carbocycles. The van der Waals surface area contributed by atoms with Crippen molar-refractivity contribution < 1.29 is 9.18 Å². The Morgan fingerprint density at radius 2 is 2.07 bits per heavy atom. The van der Waals surface area contributed by atoms with Crippen molar-refractivity contribution in [3.05, 3.63) is 83.0 Å². The number of aryl methyl sites for hydroxylation is 1. The summed E-state index contributed by atoms with van der Waals surface area (Å²) in [4.78, 5) is 15.5. The van der Waals surface area contributed by atoms with Crippen molar-refractivity contribution in [3.8, 4) is 0 Å². The van der Waals surface area contributed by atoms with Crippen LogP contribution in [0.25, 0.3) is 10.9 Å². The van der Waals surface area contributed by atoms with Crippen LogP contribution in [0, 0.1) is 5.82 Å². The van der Waals surface area contributed by atoms with Gasteiger partial charge in [0, 0.05) is 34.7 Å². The van der Waals surface area contributed by atoms with Gasteiger partial charge in [0.2, 0.25) is 5.91 Å². The predicted octanol–water partition coefficient (Wildman–Crippen LogP) is 4.78. The van der Waals surface area contributed by atoms with Gasteiger partial charge in [0.1, 0.15) is 5.82 Å². The lowest BCUT2D eigenvalue weighted by atomic mass is 10.1. The second-order valence-corrected chi connectivity index (χ2v) is 6.98. The van der Waals surface area contributed by atoms with E-state index in [4.69, 9.17) is 11.6 Å². The van der Waals surface area contributed by atoms with E-state index in [0.717, 1.165) is 22.0 Å². The Bertz CT molecular complexity index is 1130. The standard InChI is InChI=1S/C21H18ClFN4O/c22-19-9-16(23)7-5-15(19)12-27-13-17(11-25-27)26-21(28)8-6-14-10-24-20-4-2-1-3-18(14)20/h1-5,7,9-11,13,24H,6,8,12H2,(H,26,28). The van der Waals surface area contributed by atoms with Crippen molar-refractivity contribution >= 4 is 34.1 Å². The van der Waals surface area contributed by atoms with Crippen LogP contribution in [0.1, 0.15) is 17.5 Å². The maximum atomic E-state index is 13.1. The molecule has 1 amide bonds. The van der Waals surface area contributed by atoms with Gasteiger partial charge in [-0.05, 0) is 35.7 Å². The van der Waals surface area contributed by atoms with Crippen molar-refractivity contribution in [1.29, 1.82) is 0 Å². The molecule has 0 aliphatic heterocycles. The fraction of sp³-hybridized carbons (Fsp3) is 0.143. The predicted molar refractivity (Wildman–Crippen MR) is 108 cm³/mol. The number of hydrogen-bond donors (Lipinski definition) is 2. The van der Waals surface area contributed by atoms with Gasteiger partial charge in [-0.25, -0.2) is 4.39 Å². The van der Waals surface area contributed by atoms with Gasteiger partial charge in [-0.3, -0.25) is 9.48 Å². The third kappa shape index (κ3) is 4.07. The number of rotatable bonds is 6. The van der Waals surface area contributed by atoms with Crippen LogP contribution in [0.5, 0.6) is 0 Å². The number of nitrogens with zero attached hydrogens (tertiary/aromatic N) is 2. The first-order valence-electron chi connectivity index (χ1n) is 8.90. The number of amides is 1. The molecule has 142 valence electrons. The van der Waals surface area contributed by atoms with Crippen LogP contribution < -0.4 is 5.32 Å². The number of nitrogens with one attached hydrogen (secondary N) is 2. The summed E-state index contributed by atoms with van der Waals surface area (Å²) in [7, 11) is 0. The number of halogens is 2. The van der Waals surface area contributed by atoms with Gasteiger partial charge in [0.15, 0.2) is 0 Å². The third-order valence-electron chi connectivity index (χ3n) is 4.56. The Morgan fingerprint density at radius 1 is 1.21 bits per heavy atom. The molecule has 2 aromatic carbocycles. The number of hydrogen-bond acceptors (Lipinski definition) is 2. The molecule has 0 fully saturated rings. The van der Waals surface area contributed by atoms with E-state index in [1.54, 1.807) is 23.1 Å². The Kier molecular flexibility index (Phi) is 5.12. The molecular formula is C21H18ClFN4O. The summed E-state index contributed by atoms with van der Waals surface area (Å²) in [6.07, 6.45) is 6.28. The van der Waals surface area contributed by atoms with E-state index in [-0.39, 0.29) is 11.7 Å². The second-order valence-electron chi connectivity index (χ2n) is 6.57. The minimum absolute atomic E-state index is 0.0790. The van der Waals surface area contributed by atoms with Gasteiger partial charge >= 0.3 is 0 Å². The number of carbonyl (C=O) groups excluding carboxylic acids is 1. The highest BCUT2D eigenvalue weighted by atomic mass is 35.5. The largest absolute Gasteiger partial charge is 0.361 e. The topological polar surface area (TPSA) is 62.7 Å². The number of aromatic amines is 1. The molecule has 0 aliphatic rings. The van der Waals surface area contributed by atoms with Crippen LogP contribution in [0.15, 0.2) is 61.1 Å². The van der Waals surface area contributed by atoms with Crippen molar-refractivity contribution in [2.24, 2.45) is 0 Å². The maximum absolute atomic E-state index is 13.1. The lowest BCUT2D eigenvalue weighted by molar-refractivity contribution is -0.116. The molecule has 0 saturated heterocycles. The number of fused-ring (bicyclic) bond motifs is 1. The molecule has 0 spiro atoms. The fourth-order valence-electron chi connectivity index (χ4n) is 3.15. The molecule has 0 unspecified atom stereocenters. The Hall–Kier alpha value is -3.12. The molecule has 0 aliphatic carbocycles. The van der Waals surface area contributed by atoms with Crippen LogP contribution in [0.4, 0.5) is 10.1 Å². The van der Waals surface area contributed by atoms with Gasteiger partial charge in [-0.15, -0.1) is 0 Å². The minimum atomic E-state index is -0.377. The van der Waals surface area contributed by atoms with Crippen LogP contribution in [0.2, 0.25) is 5.02 Å². The first-order chi connectivity index (χ1) is 13.6. The second kappa shape index (κ2) is 7.86. The first-order valence-corrected chi connectivity index (χ1v) is 9.27. The molecule has 2 aromatic heterocycles. The minimum Gasteiger partial charge on any atom is -0.361 e. The summed E-state index contributed by atoms with van der Waals surface area (Å²) >= 11 is 6.05. The molecule has 4 aromatic rings. The molecular weight excluding hydrogens is 379 g/mol. The highest BCUT2D eigenvalue weighted by Gasteiger charge is 2.09. The molecule has 2 heterocycles. The summed E-state index contributed by atoms with van der Waals surface area (Å²) in [5.41, 5.74) is 3.55. The number of benzene rings is 2. The average Bonchev–Trinajstić information content (AvgIpc) is 3.29. The van der Waals surface area contributed by atoms with Gasteiger partial charge in [0.25, 0.3) is 0 Å². The molecule has 5 nitrogen and oxygen atoms in total. The Labute approximate surface area is 166 Å².